The van der Waals surface area contributed by atoms with Gasteiger partial charge in [-0.2, -0.15) is 0 Å². The van der Waals surface area contributed by atoms with Crippen molar-refractivity contribution in [1.29, 1.82) is 0 Å². The Balaban J connectivity index is 1.61. The van der Waals surface area contributed by atoms with Crippen molar-refractivity contribution in [2.45, 2.75) is 19.3 Å². The van der Waals surface area contributed by atoms with Gasteiger partial charge >= 0.3 is 0 Å². The SMILES string of the molecule is CCOc1ccc(NC(=O)C2CC2c2ccccc2F)cc1. The Hall–Kier alpha value is -2.36. The van der Waals surface area contributed by atoms with E-state index in [2.05, 4.69) is 5.32 Å². The van der Waals surface area contributed by atoms with Gasteiger partial charge in [-0.15, -0.1) is 0 Å². The first-order valence-corrected chi connectivity index (χ1v) is 7.47. The highest BCUT2D eigenvalue weighted by atomic mass is 19.1. The molecule has 1 fully saturated rings. The summed E-state index contributed by atoms with van der Waals surface area (Å²) in [4.78, 5) is 12.2. The van der Waals surface area contributed by atoms with Crippen molar-refractivity contribution >= 4 is 11.6 Å². The molecule has 22 heavy (non-hydrogen) atoms. The molecule has 114 valence electrons. The third-order valence-electron chi connectivity index (χ3n) is 3.86. The van der Waals surface area contributed by atoms with E-state index in [4.69, 9.17) is 4.74 Å². The lowest BCUT2D eigenvalue weighted by Crippen LogP contribution is -2.14. The summed E-state index contributed by atoms with van der Waals surface area (Å²) in [5.74, 6) is 0.324. The van der Waals surface area contributed by atoms with E-state index in [1.165, 1.54) is 6.07 Å². The molecule has 3 rings (SSSR count). The molecule has 1 aliphatic carbocycles. The van der Waals surface area contributed by atoms with Crippen molar-refractivity contribution in [3.63, 3.8) is 0 Å². The number of hydrogen-bond acceptors (Lipinski definition) is 2. The molecule has 1 aliphatic rings. The Morgan fingerprint density at radius 1 is 1.23 bits per heavy atom. The first-order chi connectivity index (χ1) is 10.7. The Morgan fingerprint density at radius 3 is 2.64 bits per heavy atom. The van der Waals surface area contributed by atoms with Crippen LogP contribution in [-0.4, -0.2) is 12.5 Å². The molecule has 1 N–H and O–H groups in total. The van der Waals surface area contributed by atoms with Crippen molar-refractivity contribution in [2.24, 2.45) is 5.92 Å². The minimum Gasteiger partial charge on any atom is -0.494 e. The van der Waals surface area contributed by atoms with Crippen LogP contribution in [0.5, 0.6) is 5.75 Å². The molecule has 0 aliphatic heterocycles. The Kier molecular flexibility index (Phi) is 4.09. The normalized spacial score (nSPS) is 19.5. The molecule has 1 saturated carbocycles. The average molecular weight is 299 g/mol. The van der Waals surface area contributed by atoms with Gasteiger partial charge in [-0.3, -0.25) is 4.79 Å². The van der Waals surface area contributed by atoms with Crippen molar-refractivity contribution in [1.82, 2.24) is 0 Å². The minimum absolute atomic E-state index is 0.0103. The molecule has 1 amide bonds. The summed E-state index contributed by atoms with van der Waals surface area (Å²) in [6, 6.07) is 13.9. The molecule has 0 bridgehead atoms. The minimum atomic E-state index is -0.233. The highest BCUT2D eigenvalue weighted by Crippen LogP contribution is 2.48. The number of nitrogens with one attached hydrogen (secondary N) is 1. The first-order valence-electron chi connectivity index (χ1n) is 7.47. The second-order valence-electron chi connectivity index (χ2n) is 5.42. The maximum Gasteiger partial charge on any atom is 0.228 e. The zero-order valence-corrected chi connectivity index (χ0v) is 12.4. The molecule has 0 saturated heterocycles. The summed E-state index contributed by atoms with van der Waals surface area (Å²) < 4.78 is 19.1. The van der Waals surface area contributed by atoms with E-state index in [1.54, 1.807) is 18.2 Å². The number of carbonyl (C=O) groups is 1. The highest BCUT2D eigenvalue weighted by Gasteiger charge is 2.45. The van der Waals surface area contributed by atoms with Gasteiger partial charge in [-0.1, -0.05) is 18.2 Å². The summed E-state index contributed by atoms with van der Waals surface area (Å²) in [7, 11) is 0. The highest BCUT2D eigenvalue weighted by molar-refractivity contribution is 5.95. The summed E-state index contributed by atoms with van der Waals surface area (Å²) >= 11 is 0. The van der Waals surface area contributed by atoms with Gasteiger partial charge in [0.1, 0.15) is 11.6 Å². The zero-order chi connectivity index (χ0) is 15.5. The standard InChI is InChI=1S/C18H18FNO2/c1-2-22-13-9-7-12(8-10-13)20-18(21)16-11-15(16)14-5-3-4-6-17(14)19/h3-10,15-16H,2,11H2,1H3,(H,20,21). The second kappa shape index (κ2) is 6.18. The molecule has 2 unspecified atom stereocenters. The van der Waals surface area contributed by atoms with Crippen molar-refractivity contribution in [3.05, 3.63) is 59.9 Å². The van der Waals surface area contributed by atoms with Gasteiger partial charge in [0.2, 0.25) is 5.91 Å². The lowest BCUT2D eigenvalue weighted by molar-refractivity contribution is -0.117. The van der Waals surface area contributed by atoms with Gasteiger partial charge in [0.15, 0.2) is 0 Å². The topological polar surface area (TPSA) is 38.3 Å². The summed E-state index contributed by atoms with van der Waals surface area (Å²) in [5.41, 5.74) is 1.36. The van der Waals surface area contributed by atoms with Gasteiger partial charge in [-0.05, 0) is 55.2 Å². The lowest BCUT2D eigenvalue weighted by Gasteiger charge is -2.07. The quantitative estimate of drug-likeness (QED) is 0.907. The third kappa shape index (κ3) is 3.11. The van der Waals surface area contributed by atoms with E-state index in [0.717, 1.165) is 11.4 Å². The Labute approximate surface area is 129 Å². The zero-order valence-electron chi connectivity index (χ0n) is 12.4. The first kappa shape index (κ1) is 14.6. The Bertz CT molecular complexity index is 669. The maximum atomic E-state index is 13.7. The molecule has 2 atom stereocenters. The number of hydrogen-bond donors (Lipinski definition) is 1. The monoisotopic (exact) mass is 299 g/mol. The fraction of sp³-hybridized carbons (Fsp3) is 0.278. The molecular formula is C18H18FNO2. The predicted octanol–water partition coefficient (Wildman–Crippen LogP) is 3.97. The summed E-state index contributed by atoms with van der Waals surface area (Å²) in [6.45, 7) is 2.53. The van der Waals surface area contributed by atoms with Crippen LogP contribution in [0.3, 0.4) is 0 Å². The molecular weight excluding hydrogens is 281 g/mol. The lowest BCUT2D eigenvalue weighted by atomic mass is 10.1. The van der Waals surface area contributed by atoms with Crippen LogP contribution in [0.15, 0.2) is 48.5 Å². The van der Waals surface area contributed by atoms with Crippen LogP contribution in [0.1, 0.15) is 24.8 Å². The van der Waals surface area contributed by atoms with E-state index in [9.17, 15) is 9.18 Å². The number of carbonyl (C=O) groups excluding carboxylic acids is 1. The van der Waals surface area contributed by atoms with Crippen molar-refractivity contribution < 1.29 is 13.9 Å². The predicted molar refractivity (Wildman–Crippen MR) is 83.5 cm³/mol. The molecule has 4 heteroatoms. The molecule has 2 aromatic rings. The maximum absolute atomic E-state index is 13.7. The van der Waals surface area contributed by atoms with Gasteiger partial charge in [0.05, 0.1) is 6.61 Å². The fourth-order valence-electron chi connectivity index (χ4n) is 2.64. The second-order valence-corrected chi connectivity index (χ2v) is 5.42. The summed E-state index contributed by atoms with van der Waals surface area (Å²) in [6.07, 6.45) is 0.698. The van der Waals surface area contributed by atoms with Crippen LogP contribution < -0.4 is 10.1 Å². The van der Waals surface area contributed by atoms with Crippen LogP contribution >= 0.6 is 0 Å². The van der Waals surface area contributed by atoms with Gasteiger partial charge < -0.3 is 10.1 Å². The van der Waals surface area contributed by atoms with Gasteiger partial charge in [-0.25, -0.2) is 4.39 Å². The smallest absolute Gasteiger partial charge is 0.228 e. The molecule has 2 aromatic carbocycles. The number of rotatable bonds is 5. The van der Waals surface area contributed by atoms with Crippen LogP contribution in [0.2, 0.25) is 0 Å². The average Bonchev–Trinajstić information content (AvgIpc) is 3.30. The van der Waals surface area contributed by atoms with E-state index < -0.39 is 0 Å². The number of ether oxygens (including phenoxy) is 1. The van der Waals surface area contributed by atoms with Gasteiger partial charge in [0, 0.05) is 11.6 Å². The number of halogens is 1. The van der Waals surface area contributed by atoms with Crippen molar-refractivity contribution in [3.8, 4) is 5.75 Å². The van der Waals surface area contributed by atoms with Crippen LogP contribution in [0.4, 0.5) is 10.1 Å². The number of anilines is 1. The Morgan fingerprint density at radius 2 is 1.95 bits per heavy atom. The van der Waals surface area contributed by atoms with E-state index >= 15 is 0 Å². The molecule has 0 radical (unpaired) electrons. The van der Waals surface area contributed by atoms with E-state index in [0.29, 0.717) is 18.6 Å². The largest absolute Gasteiger partial charge is 0.494 e. The van der Waals surface area contributed by atoms with Gasteiger partial charge in [0.25, 0.3) is 0 Å². The third-order valence-corrected chi connectivity index (χ3v) is 3.86. The van der Waals surface area contributed by atoms with E-state index in [1.807, 2.05) is 31.2 Å². The molecule has 0 aromatic heterocycles. The molecule has 3 nitrogen and oxygen atoms in total. The number of benzene rings is 2. The van der Waals surface area contributed by atoms with Crippen LogP contribution in [0.25, 0.3) is 0 Å². The van der Waals surface area contributed by atoms with Crippen LogP contribution in [0, 0.1) is 11.7 Å². The summed E-state index contributed by atoms with van der Waals surface area (Å²) in [5, 5.41) is 2.88. The number of amides is 1. The van der Waals surface area contributed by atoms with Crippen molar-refractivity contribution in [2.75, 3.05) is 11.9 Å². The molecule has 0 heterocycles. The fourth-order valence-corrected chi connectivity index (χ4v) is 2.64. The van der Waals surface area contributed by atoms with Crippen LogP contribution in [-0.2, 0) is 4.79 Å². The van der Waals surface area contributed by atoms with E-state index in [-0.39, 0.29) is 23.6 Å². The molecule has 0 spiro atoms.